The van der Waals surface area contributed by atoms with Gasteiger partial charge in [-0.2, -0.15) is 0 Å². The monoisotopic (exact) mass is 536 g/mol. The lowest BCUT2D eigenvalue weighted by atomic mass is 10.1. The Labute approximate surface area is 220 Å². The van der Waals surface area contributed by atoms with E-state index in [-0.39, 0.29) is 16.4 Å². The molecule has 0 aliphatic heterocycles. The zero-order valence-corrected chi connectivity index (χ0v) is 22.2. The Balaban J connectivity index is 1.49. The average molecular weight is 537 g/mol. The molecule has 3 aromatic carbocycles. The predicted molar refractivity (Wildman–Crippen MR) is 146 cm³/mol. The summed E-state index contributed by atoms with van der Waals surface area (Å²) in [4.78, 5) is 31.1. The molecule has 0 bridgehead atoms. The summed E-state index contributed by atoms with van der Waals surface area (Å²) in [7, 11) is -3.74. The summed E-state index contributed by atoms with van der Waals surface area (Å²) in [5.74, 6) is -0.185. The molecule has 192 valence electrons. The fraction of sp³-hybridized carbons (Fsp3) is 0.222. The van der Waals surface area contributed by atoms with Crippen LogP contribution in [-0.4, -0.2) is 35.7 Å². The van der Waals surface area contributed by atoms with Crippen molar-refractivity contribution >= 4 is 38.6 Å². The van der Waals surface area contributed by atoms with Gasteiger partial charge < -0.3 is 5.32 Å². The van der Waals surface area contributed by atoms with Gasteiger partial charge in [0.1, 0.15) is 0 Å². The van der Waals surface area contributed by atoms with E-state index in [0.717, 1.165) is 16.7 Å². The van der Waals surface area contributed by atoms with Crippen LogP contribution in [0.5, 0.6) is 0 Å². The molecule has 10 heteroatoms. The highest BCUT2D eigenvalue weighted by atomic mass is 32.2. The normalized spacial score (nSPS) is 12.4. The van der Waals surface area contributed by atoms with E-state index < -0.39 is 15.3 Å². The van der Waals surface area contributed by atoms with Gasteiger partial charge >= 0.3 is 0 Å². The topological polar surface area (TPSA) is 124 Å². The van der Waals surface area contributed by atoms with Gasteiger partial charge in [-0.3, -0.25) is 14.2 Å². The van der Waals surface area contributed by atoms with Gasteiger partial charge in [-0.25, -0.2) is 18.5 Å². The van der Waals surface area contributed by atoms with E-state index in [1.165, 1.54) is 23.9 Å². The number of hydrogen-bond donors (Lipinski definition) is 2. The van der Waals surface area contributed by atoms with E-state index in [4.69, 9.17) is 10.1 Å². The maximum atomic E-state index is 13.4. The van der Waals surface area contributed by atoms with Crippen LogP contribution in [0, 0.1) is 6.92 Å². The molecule has 0 saturated carbocycles. The summed E-state index contributed by atoms with van der Waals surface area (Å²) in [6, 6.07) is 21.5. The number of thioether (sulfide) groups is 1. The van der Waals surface area contributed by atoms with Crippen molar-refractivity contribution in [3.8, 4) is 0 Å². The van der Waals surface area contributed by atoms with Crippen LogP contribution in [0.25, 0.3) is 10.9 Å². The van der Waals surface area contributed by atoms with Crippen molar-refractivity contribution in [2.75, 3.05) is 6.54 Å². The van der Waals surface area contributed by atoms with Gasteiger partial charge in [-0.1, -0.05) is 65.9 Å². The van der Waals surface area contributed by atoms with Gasteiger partial charge in [-0.05, 0) is 55.7 Å². The van der Waals surface area contributed by atoms with Crippen LogP contribution < -0.4 is 16.0 Å². The van der Waals surface area contributed by atoms with Crippen molar-refractivity contribution in [3.63, 3.8) is 0 Å². The summed E-state index contributed by atoms with van der Waals surface area (Å²) in [6.45, 7) is 4.44. The first-order chi connectivity index (χ1) is 17.6. The Kier molecular flexibility index (Phi) is 8.11. The van der Waals surface area contributed by atoms with Crippen LogP contribution in [0.4, 0.5) is 0 Å². The van der Waals surface area contributed by atoms with E-state index >= 15 is 0 Å². The molecule has 0 saturated heterocycles. The molecule has 0 fully saturated rings. The Morgan fingerprint density at radius 2 is 1.76 bits per heavy atom. The molecular formula is C27H28N4O4S2. The summed E-state index contributed by atoms with van der Waals surface area (Å²) < 4.78 is 24.4. The van der Waals surface area contributed by atoms with E-state index in [2.05, 4.69) is 5.32 Å². The molecule has 37 heavy (non-hydrogen) atoms. The van der Waals surface area contributed by atoms with E-state index in [0.29, 0.717) is 35.6 Å². The molecule has 0 aliphatic rings. The second kappa shape index (κ2) is 11.3. The van der Waals surface area contributed by atoms with Gasteiger partial charge in [0.25, 0.3) is 5.56 Å². The summed E-state index contributed by atoms with van der Waals surface area (Å²) in [5, 5.41) is 8.56. The van der Waals surface area contributed by atoms with Crippen LogP contribution >= 0.6 is 11.8 Å². The lowest BCUT2D eigenvalue weighted by Gasteiger charge is -2.17. The zero-order chi connectivity index (χ0) is 26.6. The van der Waals surface area contributed by atoms with Crippen molar-refractivity contribution in [1.29, 1.82) is 0 Å². The van der Waals surface area contributed by atoms with Crippen LogP contribution in [0.2, 0.25) is 0 Å². The summed E-state index contributed by atoms with van der Waals surface area (Å²) in [5.41, 5.74) is 3.26. The third kappa shape index (κ3) is 6.65. The number of rotatable bonds is 9. The Hall–Kier alpha value is -3.47. The van der Waals surface area contributed by atoms with E-state index in [1.807, 2.05) is 55.5 Å². The highest BCUT2D eigenvalue weighted by Crippen LogP contribution is 2.24. The fourth-order valence-electron chi connectivity index (χ4n) is 3.84. The SMILES string of the molecule is Cc1ccc2nc(SC(C)C(=O)NCCc3ccc(S(N)(=O)=O)cc3)n(Cc3ccccc3)c(=O)c2c1. The molecule has 1 heterocycles. The average Bonchev–Trinajstić information content (AvgIpc) is 2.87. The van der Waals surface area contributed by atoms with Crippen molar-refractivity contribution in [2.45, 2.75) is 42.1 Å². The molecule has 0 radical (unpaired) electrons. The molecule has 4 aromatic rings. The number of aromatic nitrogens is 2. The predicted octanol–water partition coefficient (Wildman–Crippen LogP) is 3.24. The molecule has 1 unspecified atom stereocenters. The molecule has 1 aromatic heterocycles. The van der Waals surface area contributed by atoms with Crippen LogP contribution in [0.15, 0.2) is 87.6 Å². The van der Waals surface area contributed by atoms with Crippen molar-refractivity contribution in [3.05, 3.63) is 99.8 Å². The minimum Gasteiger partial charge on any atom is -0.355 e. The van der Waals surface area contributed by atoms with Crippen molar-refractivity contribution in [2.24, 2.45) is 5.14 Å². The first-order valence-corrected chi connectivity index (χ1v) is 14.2. The lowest BCUT2D eigenvalue weighted by molar-refractivity contribution is -0.120. The summed E-state index contributed by atoms with van der Waals surface area (Å²) >= 11 is 1.24. The van der Waals surface area contributed by atoms with Gasteiger partial charge in [0, 0.05) is 6.54 Å². The molecule has 4 rings (SSSR count). The third-order valence-electron chi connectivity index (χ3n) is 5.87. The van der Waals surface area contributed by atoms with Gasteiger partial charge in [0.05, 0.1) is 27.6 Å². The minimum atomic E-state index is -3.74. The number of nitrogens with zero attached hydrogens (tertiary/aromatic N) is 2. The number of aryl methyl sites for hydroxylation is 1. The first-order valence-electron chi connectivity index (χ1n) is 11.7. The maximum absolute atomic E-state index is 13.4. The zero-order valence-electron chi connectivity index (χ0n) is 20.5. The number of primary sulfonamides is 1. The number of benzene rings is 3. The number of sulfonamides is 1. The van der Waals surface area contributed by atoms with Crippen molar-refractivity contribution < 1.29 is 13.2 Å². The molecular weight excluding hydrogens is 508 g/mol. The number of carbonyl (C=O) groups excluding carboxylic acids is 1. The van der Waals surface area contributed by atoms with Crippen molar-refractivity contribution in [1.82, 2.24) is 14.9 Å². The minimum absolute atomic E-state index is 0.0462. The smallest absolute Gasteiger partial charge is 0.262 e. The molecule has 1 atom stereocenters. The molecule has 8 nitrogen and oxygen atoms in total. The molecule has 3 N–H and O–H groups in total. The van der Waals surface area contributed by atoms with Gasteiger partial charge in [-0.15, -0.1) is 0 Å². The standard InChI is InChI=1S/C27H28N4O4S2/c1-18-8-13-24-23(16-18)26(33)31(17-21-6-4-3-5-7-21)27(30-24)36-19(2)25(32)29-15-14-20-9-11-22(12-10-20)37(28,34)35/h3-13,16,19H,14-15,17H2,1-2H3,(H,29,32)(H2,28,34,35). The molecule has 0 aliphatic carbocycles. The Morgan fingerprint density at radius 1 is 1.05 bits per heavy atom. The maximum Gasteiger partial charge on any atom is 0.262 e. The number of nitrogens with two attached hydrogens (primary N) is 1. The molecule has 1 amide bonds. The van der Waals surface area contributed by atoms with Crippen LogP contribution in [0.3, 0.4) is 0 Å². The number of fused-ring (bicyclic) bond motifs is 1. The summed E-state index contributed by atoms with van der Waals surface area (Å²) in [6.07, 6.45) is 0.528. The first kappa shape index (κ1) is 26.6. The largest absolute Gasteiger partial charge is 0.355 e. The Bertz CT molecular complexity index is 1590. The number of amides is 1. The lowest BCUT2D eigenvalue weighted by Crippen LogP contribution is -2.33. The van der Waals surface area contributed by atoms with E-state index in [1.54, 1.807) is 23.6 Å². The van der Waals surface area contributed by atoms with E-state index in [9.17, 15) is 18.0 Å². The molecule has 0 spiro atoms. The quantitative estimate of drug-likeness (QED) is 0.250. The third-order valence-corrected chi connectivity index (χ3v) is 7.89. The highest BCUT2D eigenvalue weighted by Gasteiger charge is 2.20. The van der Waals surface area contributed by atoms with Gasteiger partial charge in [0.15, 0.2) is 5.16 Å². The van der Waals surface area contributed by atoms with Crippen LogP contribution in [-0.2, 0) is 27.8 Å². The highest BCUT2D eigenvalue weighted by molar-refractivity contribution is 8.00. The fourth-order valence-corrected chi connectivity index (χ4v) is 5.29. The van der Waals surface area contributed by atoms with Crippen LogP contribution in [0.1, 0.15) is 23.6 Å². The number of nitrogens with one attached hydrogen (secondary N) is 1. The van der Waals surface area contributed by atoms with Gasteiger partial charge in [0.2, 0.25) is 15.9 Å². The second-order valence-corrected chi connectivity index (χ2v) is 11.7. The number of carbonyl (C=O) groups is 1. The second-order valence-electron chi connectivity index (χ2n) is 8.78. The number of hydrogen-bond acceptors (Lipinski definition) is 6. The Morgan fingerprint density at radius 3 is 2.43 bits per heavy atom.